The third-order valence-electron chi connectivity index (χ3n) is 9.11. The van der Waals surface area contributed by atoms with Gasteiger partial charge >= 0.3 is 0 Å². The summed E-state index contributed by atoms with van der Waals surface area (Å²) in [6.45, 7) is 0. The summed E-state index contributed by atoms with van der Waals surface area (Å²) in [6.07, 6.45) is 6.30. The SMILES string of the molecule is c1ccc(-c2nc(-c3ccccc3)nc(-c3ccc(N4c5ccccc5C5(CCCCC5)c5ccccc54)cc3)n2)cc1. The van der Waals surface area contributed by atoms with Crippen LogP contribution in [0, 0.1) is 0 Å². The van der Waals surface area contributed by atoms with Crippen molar-refractivity contribution in [3.05, 3.63) is 145 Å². The summed E-state index contributed by atoms with van der Waals surface area (Å²) in [5, 5.41) is 0. The molecule has 0 N–H and O–H groups in total. The predicted octanol–water partition coefficient (Wildman–Crippen LogP) is 9.91. The molecule has 4 nitrogen and oxygen atoms in total. The van der Waals surface area contributed by atoms with Crippen molar-refractivity contribution >= 4 is 17.1 Å². The van der Waals surface area contributed by atoms with Crippen LogP contribution in [0.25, 0.3) is 34.2 Å². The van der Waals surface area contributed by atoms with Crippen LogP contribution in [0.1, 0.15) is 43.2 Å². The Balaban J connectivity index is 1.23. The van der Waals surface area contributed by atoms with Crippen molar-refractivity contribution in [1.82, 2.24) is 15.0 Å². The molecule has 1 saturated carbocycles. The van der Waals surface area contributed by atoms with Crippen LogP contribution in [-0.4, -0.2) is 15.0 Å². The van der Waals surface area contributed by atoms with Gasteiger partial charge in [0.05, 0.1) is 11.4 Å². The summed E-state index contributed by atoms with van der Waals surface area (Å²) >= 11 is 0. The van der Waals surface area contributed by atoms with Gasteiger partial charge in [-0.25, -0.2) is 15.0 Å². The zero-order valence-corrected chi connectivity index (χ0v) is 24.0. The molecule has 1 aliphatic heterocycles. The Bertz CT molecular complexity index is 1790. The first-order valence-corrected chi connectivity index (χ1v) is 15.3. The maximum absolute atomic E-state index is 4.93. The van der Waals surface area contributed by atoms with Crippen LogP contribution in [-0.2, 0) is 5.41 Å². The Morgan fingerprint density at radius 1 is 0.419 bits per heavy atom. The van der Waals surface area contributed by atoms with E-state index in [0.717, 1.165) is 22.4 Å². The van der Waals surface area contributed by atoms with Crippen LogP contribution in [0.4, 0.5) is 17.1 Å². The molecule has 0 radical (unpaired) electrons. The molecule has 1 spiro atoms. The standard InChI is InChI=1S/C39H32N4/c1-4-14-28(15-5-1)36-40-37(29-16-6-2-7-17-29)42-38(41-36)30-22-24-31(25-23-30)43-34-20-10-8-18-32(34)39(26-12-3-13-27-39)33-19-9-11-21-35(33)43/h1-2,4-11,14-25H,3,12-13,26-27H2. The van der Waals surface area contributed by atoms with Gasteiger partial charge in [0.1, 0.15) is 0 Å². The van der Waals surface area contributed by atoms with Crippen molar-refractivity contribution in [2.45, 2.75) is 37.5 Å². The second-order valence-electron chi connectivity index (χ2n) is 11.6. The monoisotopic (exact) mass is 556 g/mol. The van der Waals surface area contributed by atoms with E-state index in [0.29, 0.717) is 17.5 Å². The molecule has 2 aliphatic rings. The highest BCUT2D eigenvalue weighted by atomic mass is 15.2. The molecular weight excluding hydrogens is 524 g/mol. The molecule has 0 unspecified atom stereocenters. The predicted molar refractivity (Wildman–Crippen MR) is 175 cm³/mol. The van der Waals surface area contributed by atoms with E-state index in [2.05, 4.69) is 77.7 Å². The van der Waals surface area contributed by atoms with E-state index in [1.54, 1.807) is 0 Å². The number of nitrogens with zero attached hydrogens (tertiary/aromatic N) is 4. The van der Waals surface area contributed by atoms with Crippen molar-refractivity contribution < 1.29 is 0 Å². The molecule has 6 aromatic rings. The lowest BCUT2D eigenvalue weighted by atomic mass is 9.63. The molecule has 1 aromatic heterocycles. The van der Waals surface area contributed by atoms with Crippen molar-refractivity contribution in [1.29, 1.82) is 0 Å². The van der Waals surface area contributed by atoms with Crippen LogP contribution in [0.15, 0.2) is 133 Å². The van der Waals surface area contributed by atoms with E-state index in [-0.39, 0.29) is 5.41 Å². The molecule has 0 amide bonds. The van der Waals surface area contributed by atoms with Crippen molar-refractivity contribution in [2.75, 3.05) is 4.90 Å². The van der Waals surface area contributed by atoms with Gasteiger partial charge in [-0.05, 0) is 60.4 Å². The second kappa shape index (κ2) is 10.6. The Morgan fingerprint density at radius 3 is 1.33 bits per heavy atom. The highest BCUT2D eigenvalue weighted by Gasteiger charge is 2.43. The number of aromatic nitrogens is 3. The fraction of sp³-hybridized carbons (Fsp3) is 0.154. The minimum absolute atomic E-state index is 0.0917. The fourth-order valence-corrected chi connectivity index (χ4v) is 7.09. The zero-order chi connectivity index (χ0) is 28.6. The normalized spacial score (nSPS) is 15.1. The zero-order valence-electron chi connectivity index (χ0n) is 24.0. The number of anilines is 3. The number of fused-ring (bicyclic) bond motifs is 4. The van der Waals surface area contributed by atoms with Crippen LogP contribution < -0.4 is 4.90 Å². The van der Waals surface area contributed by atoms with Gasteiger partial charge in [-0.2, -0.15) is 0 Å². The molecule has 1 fully saturated rings. The average Bonchev–Trinajstić information content (AvgIpc) is 3.10. The summed E-state index contributed by atoms with van der Waals surface area (Å²) in [5.41, 5.74) is 9.61. The van der Waals surface area contributed by atoms with Gasteiger partial charge in [-0.15, -0.1) is 0 Å². The first-order chi connectivity index (χ1) is 21.3. The van der Waals surface area contributed by atoms with Gasteiger partial charge < -0.3 is 4.90 Å². The topological polar surface area (TPSA) is 41.9 Å². The third-order valence-corrected chi connectivity index (χ3v) is 9.11. The molecule has 208 valence electrons. The molecule has 4 heteroatoms. The van der Waals surface area contributed by atoms with Gasteiger partial charge in [0.25, 0.3) is 0 Å². The van der Waals surface area contributed by atoms with Crippen molar-refractivity contribution in [3.8, 4) is 34.2 Å². The molecule has 0 atom stereocenters. The summed E-state index contributed by atoms with van der Waals surface area (Å²) in [4.78, 5) is 17.2. The molecule has 8 rings (SSSR count). The van der Waals surface area contributed by atoms with Gasteiger partial charge in [0.15, 0.2) is 17.5 Å². The number of rotatable bonds is 4. The van der Waals surface area contributed by atoms with Crippen LogP contribution in [0.2, 0.25) is 0 Å². The smallest absolute Gasteiger partial charge is 0.164 e. The Morgan fingerprint density at radius 2 is 0.837 bits per heavy atom. The van der Waals surface area contributed by atoms with Crippen LogP contribution >= 0.6 is 0 Å². The molecule has 5 aromatic carbocycles. The lowest BCUT2D eigenvalue weighted by molar-refractivity contribution is 0.344. The van der Waals surface area contributed by atoms with E-state index >= 15 is 0 Å². The molecular formula is C39H32N4. The number of hydrogen-bond donors (Lipinski definition) is 0. The molecule has 1 aliphatic carbocycles. The largest absolute Gasteiger partial charge is 0.310 e. The fourth-order valence-electron chi connectivity index (χ4n) is 7.09. The Hall–Kier alpha value is -5.09. The molecule has 43 heavy (non-hydrogen) atoms. The van der Waals surface area contributed by atoms with E-state index in [1.807, 2.05) is 60.7 Å². The Labute approximate surface area is 252 Å². The van der Waals surface area contributed by atoms with E-state index in [1.165, 1.54) is 54.6 Å². The number of hydrogen-bond acceptors (Lipinski definition) is 4. The van der Waals surface area contributed by atoms with E-state index < -0.39 is 0 Å². The van der Waals surface area contributed by atoms with Crippen molar-refractivity contribution in [2.24, 2.45) is 0 Å². The first kappa shape index (κ1) is 25.6. The minimum atomic E-state index is 0.0917. The lowest BCUT2D eigenvalue weighted by Gasteiger charge is -2.47. The second-order valence-corrected chi connectivity index (χ2v) is 11.6. The van der Waals surface area contributed by atoms with Gasteiger partial charge in [0, 0.05) is 27.8 Å². The summed E-state index contributed by atoms with van der Waals surface area (Å²) in [5.74, 6) is 2.01. The van der Waals surface area contributed by atoms with Crippen molar-refractivity contribution in [3.63, 3.8) is 0 Å². The maximum Gasteiger partial charge on any atom is 0.164 e. The van der Waals surface area contributed by atoms with Crippen LogP contribution in [0.5, 0.6) is 0 Å². The van der Waals surface area contributed by atoms with Crippen LogP contribution in [0.3, 0.4) is 0 Å². The minimum Gasteiger partial charge on any atom is -0.310 e. The highest BCUT2D eigenvalue weighted by Crippen LogP contribution is 2.57. The van der Waals surface area contributed by atoms with Gasteiger partial charge in [-0.3, -0.25) is 0 Å². The molecule has 0 saturated heterocycles. The lowest BCUT2D eigenvalue weighted by Crippen LogP contribution is -2.37. The number of para-hydroxylation sites is 2. The first-order valence-electron chi connectivity index (χ1n) is 15.3. The van der Waals surface area contributed by atoms with Gasteiger partial charge in [-0.1, -0.05) is 116 Å². The van der Waals surface area contributed by atoms with E-state index in [9.17, 15) is 0 Å². The quantitative estimate of drug-likeness (QED) is 0.217. The van der Waals surface area contributed by atoms with Gasteiger partial charge in [0.2, 0.25) is 0 Å². The molecule has 0 bridgehead atoms. The number of benzene rings is 5. The molecule has 2 heterocycles. The van der Waals surface area contributed by atoms with E-state index in [4.69, 9.17) is 15.0 Å². The summed E-state index contributed by atoms with van der Waals surface area (Å²) < 4.78 is 0. The summed E-state index contributed by atoms with van der Waals surface area (Å²) in [6, 6.07) is 47.0. The third kappa shape index (κ3) is 4.42. The summed E-state index contributed by atoms with van der Waals surface area (Å²) in [7, 11) is 0. The maximum atomic E-state index is 4.93. The Kier molecular flexibility index (Phi) is 6.33. The average molecular weight is 557 g/mol. The highest BCUT2D eigenvalue weighted by molar-refractivity contribution is 5.86.